The van der Waals surface area contributed by atoms with Crippen molar-refractivity contribution in [3.05, 3.63) is 35.1 Å². The van der Waals surface area contributed by atoms with Crippen LogP contribution in [0, 0.1) is 12.7 Å². The SMILES string of the molecule is Cc1cc(CN(C)CC(C)N)ccc1F. The van der Waals surface area contributed by atoms with Gasteiger partial charge in [-0.1, -0.05) is 12.1 Å². The number of rotatable bonds is 4. The summed E-state index contributed by atoms with van der Waals surface area (Å²) in [4.78, 5) is 2.14. The summed E-state index contributed by atoms with van der Waals surface area (Å²) in [7, 11) is 2.02. The molecule has 0 aliphatic heterocycles. The number of nitrogens with zero attached hydrogens (tertiary/aromatic N) is 1. The molecule has 2 N–H and O–H groups in total. The summed E-state index contributed by atoms with van der Waals surface area (Å²) in [6.45, 7) is 5.41. The first kappa shape index (κ1) is 12.1. The molecule has 0 aliphatic rings. The second-order valence-electron chi connectivity index (χ2n) is 4.26. The van der Waals surface area contributed by atoms with Gasteiger partial charge < -0.3 is 10.6 Å². The third kappa shape index (κ3) is 3.98. The molecule has 84 valence electrons. The fraction of sp³-hybridized carbons (Fsp3) is 0.500. The minimum Gasteiger partial charge on any atom is -0.327 e. The van der Waals surface area contributed by atoms with Gasteiger partial charge in [0, 0.05) is 19.1 Å². The Morgan fingerprint density at radius 2 is 2.13 bits per heavy atom. The maximum Gasteiger partial charge on any atom is 0.126 e. The summed E-state index contributed by atoms with van der Waals surface area (Å²) in [6.07, 6.45) is 0. The smallest absolute Gasteiger partial charge is 0.126 e. The standard InChI is InChI=1S/C12H19FN2/c1-9-6-11(4-5-12(9)13)8-15(3)7-10(2)14/h4-6,10H,7-8,14H2,1-3H3. The van der Waals surface area contributed by atoms with Crippen LogP contribution in [0.2, 0.25) is 0 Å². The fourth-order valence-electron chi connectivity index (χ4n) is 1.67. The molecule has 1 aromatic carbocycles. The normalized spacial score (nSPS) is 13.2. The Hall–Kier alpha value is -0.930. The maximum absolute atomic E-state index is 13.0. The average Bonchev–Trinajstić information content (AvgIpc) is 2.10. The van der Waals surface area contributed by atoms with Crippen LogP contribution in [0.4, 0.5) is 4.39 Å². The van der Waals surface area contributed by atoms with E-state index in [1.807, 2.05) is 26.1 Å². The Morgan fingerprint density at radius 3 is 2.67 bits per heavy atom. The van der Waals surface area contributed by atoms with E-state index in [1.165, 1.54) is 6.07 Å². The molecule has 0 radical (unpaired) electrons. The highest BCUT2D eigenvalue weighted by Crippen LogP contribution is 2.10. The van der Waals surface area contributed by atoms with Crippen LogP contribution < -0.4 is 5.73 Å². The summed E-state index contributed by atoms with van der Waals surface area (Å²) < 4.78 is 13.0. The Kier molecular flexibility index (Phi) is 4.24. The lowest BCUT2D eigenvalue weighted by atomic mass is 10.1. The van der Waals surface area contributed by atoms with Crippen LogP contribution in [0.1, 0.15) is 18.1 Å². The molecule has 0 amide bonds. The van der Waals surface area contributed by atoms with E-state index in [1.54, 1.807) is 6.92 Å². The highest BCUT2D eigenvalue weighted by atomic mass is 19.1. The van der Waals surface area contributed by atoms with Gasteiger partial charge in [0.25, 0.3) is 0 Å². The monoisotopic (exact) mass is 210 g/mol. The Labute approximate surface area is 90.9 Å². The molecule has 2 nitrogen and oxygen atoms in total. The van der Waals surface area contributed by atoms with Crippen molar-refractivity contribution in [2.24, 2.45) is 5.73 Å². The highest BCUT2D eigenvalue weighted by molar-refractivity contribution is 5.23. The van der Waals surface area contributed by atoms with Gasteiger partial charge in [-0.3, -0.25) is 0 Å². The van der Waals surface area contributed by atoms with E-state index in [4.69, 9.17) is 5.73 Å². The number of halogens is 1. The van der Waals surface area contributed by atoms with E-state index >= 15 is 0 Å². The summed E-state index contributed by atoms with van der Waals surface area (Å²) in [6, 6.07) is 5.38. The first-order valence-corrected chi connectivity index (χ1v) is 5.18. The predicted molar refractivity (Wildman–Crippen MR) is 61.1 cm³/mol. The average molecular weight is 210 g/mol. The number of nitrogens with two attached hydrogens (primary N) is 1. The van der Waals surface area contributed by atoms with Crippen LogP contribution in [0.5, 0.6) is 0 Å². The highest BCUT2D eigenvalue weighted by Gasteiger charge is 2.04. The predicted octanol–water partition coefficient (Wildman–Crippen LogP) is 1.91. The Morgan fingerprint density at radius 1 is 1.47 bits per heavy atom. The third-order valence-corrected chi connectivity index (χ3v) is 2.27. The molecule has 0 heterocycles. The molecule has 15 heavy (non-hydrogen) atoms. The van der Waals surface area contributed by atoms with Crippen LogP contribution in [0.15, 0.2) is 18.2 Å². The van der Waals surface area contributed by atoms with Crippen LogP contribution in [-0.4, -0.2) is 24.5 Å². The van der Waals surface area contributed by atoms with Gasteiger partial charge >= 0.3 is 0 Å². The first-order chi connectivity index (χ1) is 6.99. The van der Waals surface area contributed by atoms with Gasteiger partial charge in [0.05, 0.1) is 0 Å². The molecule has 0 aromatic heterocycles. The maximum atomic E-state index is 13.0. The van der Waals surface area contributed by atoms with Crippen LogP contribution in [-0.2, 0) is 6.54 Å². The fourth-order valence-corrected chi connectivity index (χ4v) is 1.67. The summed E-state index contributed by atoms with van der Waals surface area (Å²) in [5.41, 5.74) is 7.52. The molecule has 0 bridgehead atoms. The minimum atomic E-state index is -0.145. The van der Waals surface area contributed by atoms with E-state index in [9.17, 15) is 4.39 Å². The molecule has 1 aromatic rings. The van der Waals surface area contributed by atoms with Crippen molar-refractivity contribution in [2.45, 2.75) is 26.4 Å². The van der Waals surface area contributed by atoms with Crippen molar-refractivity contribution in [3.63, 3.8) is 0 Å². The van der Waals surface area contributed by atoms with E-state index in [0.29, 0.717) is 5.56 Å². The molecular weight excluding hydrogens is 191 g/mol. The molecule has 1 unspecified atom stereocenters. The second kappa shape index (κ2) is 5.24. The largest absolute Gasteiger partial charge is 0.327 e. The van der Waals surface area contributed by atoms with Crippen molar-refractivity contribution in [1.29, 1.82) is 0 Å². The van der Waals surface area contributed by atoms with E-state index in [0.717, 1.165) is 18.7 Å². The van der Waals surface area contributed by atoms with Crippen molar-refractivity contribution in [1.82, 2.24) is 4.90 Å². The molecule has 1 atom stereocenters. The van der Waals surface area contributed by atoms with Crippen LogP contribution in [0.3, 0.4) is 0 Å². The number of hydrogen-bond acceptors (Lipinski definition) is 2. The van der Waals surface area contributed by atoms with E-state index < -0.39 is 0 Å². The molecular formula is C12H19FN2. The molecule has 0 saturated carbocycles. The van der Waals surface area contributed by atoms with Gasteiger partial charge in [-0.05, 0) is 38.1 Å². The van der Waals surface area contributed by atoms with E-state index in [-0.39, 0.29) is 11.9 Å². The number of benzene rings is 1. The second-order valence-corrected chi connectivity index (χ2v) is 4.26. The van der Waals surface area contributed by atoms with Crippen molar-refractivity contribution >= 4 is 0 Å². The summed E-state index contributed by atoms with van der Waals surface area (Å²) >= 11 is 0. The van der Waals surface area contributed by atoms with E-state index in [2.05, 4.69) is 4.90 Å². The number of hydrogen-bond donors (Lipinski definition) is 1. The van der Waals surface area contributed by atoms with Gasteiger partial charge in [0.1, 0.15) is 5.82 Å². The van der Waals surface area contributed by atoms with Crippen molar-refractivity contribution < 1.29 is 4.39 Å². The molecule has 3 heteroatoms. The molecule has 1 rings (SSSR count). The lowest BCUT2D eigenvalue weighted by Gasteiger charge is -2.19. The van der Waals surface area contributed by atoms with Gasteiger partial charge in [-0.25, -0.2) is 4.39 Å². The van der Waals surface area contributed by atoms with Gasteiger partial charge in [-0.15, -0.1) is 0 Å². The van der Waals surface area contributed by atoms with Crippen LogP contribution in [0.25, 0.3) is 0 Å². The zero-order valence-corrected chi connectivity index (χ0v) is 9.63. The Balaban J connectivity index is 2.60. The molecule has 0 spiro atoms. The Bertz CT molecular complexity index is 323. The van der Waals surface area contributed by atoms with Crippen molar-refractivity contribution in [3.8, 4) is 0 Å². The topological polar surface area (TPSA) is 29.3 Å². The van der Waals surface area contributed by atoms with Gasteiger partial charge in [-0.2, -0.15) is 0 Å². The zero-order valence-electron chi connectivity index (χ0n) is 9.63. The summed E-state index contributed by atoms with van der Waals surface area (Å²) in [5, 5.41) is 0. The first-order valence-electron chi connectivity index (χ1n) is 5.18. The quantitative estimate of drug-likeness (QED) is 0.822. The lowest BCUT2D eigenvalue weighted by molar-refractivity contribution is 0.310. The molecule has 0 aliphatic carbocycles. The zero-order chi connectivity index (χ0) is 11.4. The van der Waals surface area contributed by atoms with Gasteiger partial charge in [0.2, 0.25) is 0 Å². The molecule has 0 fully saturated rings. The number of likely N-dealkylation sites (N-methyl/N-ethyl adjacent to an activating group) is 1. The minimum absolute atomic E-state index is 0.145. The summed E-state index contributed by atoms with van der Waals surface area (Å²) in [5.74, 6) is -0.145. The lowest BCUT2D eigenvalue weighted by Crippen LogP contribution is -2.32. The number of aryl methyl sites for hydroxylation is 1. The van der Waals surface area contributed by atoms with Gasteiger partial charge in [0.15, 0.2) is 0 Å². The van der Waals surface area contributed by atoms with Crippen molar-refractivity contribution in [2.75, 3.05) is 13.6 Å². The molecule has 0 saturated heterocycles. The van der Waals surface area contributed by atoms with Crippen LogP contribution >= 0.6 is 0 Å². The third-order valence-electron chi connectivity index (χ3n) is 2.27.